The summed E-state index contributed by atoms with van der Waals surface area (Å²) in [6, 6.07) is 9.06. The van der Waals surface area contributed by atoms with Gasteiger partial charge < -0.3 is 43.6 Å². The summed E-state index contributed by atoms with van der Waals surface area (Å²) in [5, 5.41) is 10.3. The highest BCUT2D eigenvalue weighted by Crippen LogP contribution is 2.49. The number of carbonyl (C=O) groups excluding carboxylic acids is 1. The molecule has 0 saturated carbocycles. The molecular weight excluding hydrogens is 558 g/mol. The lowest BCUT2D eigenvalue weighted by Gasteiger charge is -2.38. The Labute approximate surface area is 250 Å². The third kappa shape index (κ3) is 5.79. The third-order valence-electron chi connectivity index (χ3n) is 7.18. The van der Waals surface area contributed by atoms with Crippen molar-refractivity contribution in [3.05, 3.63) is 63.8 Å². The largest absolute Gasteiger partial charge is 0.496 e. The number of rotatable bonds is 9. The summed E-state index contributed by atoms with van der Waals surface area (Å²) < 4.78 is 44.9. The van der Waals surface area contributed by atoms with Crippen LogP contribution >= 0.6 is 0 Å². The van der Waals surface area contributed by atoms with Gasteiger partial charge in [0.1, 0.15) is 28.9 Å². The molecule has 2 aromatic rings. The maximum Gasteiger partial charge on any atom is 0.410 e. The molecule has 0 fully saturated rings. The quantitative estimate of drug-likeness (QED) is 0.443. The number of allylic oxidation sites excluding steroid dienone is 1. The van der Waals surface area contributed by atoms with Gasteiger partial charge in [-0.2, -0.15) is 5.26 Å². The van der Waals surface area contributed by atoms with Crippen molar-refractivity contribution in [2.45, 2.75) is 12.8 Å². The number of carbonyl (C=O) groups is 1. The van der Waals surface area contributed by atoms with Crippen LogP contribution in [0.1, 0.15) is 24.0 Å². The van der Waals surface area contributed by atoms with E-state index in [0.29, 0.717) is 62.5 Å². The summed E-state index contributed by atoms with van der Waals surface area (Å²) in [5.41, 5.74) is 8.93. The minimum atomic E-state index is -0.753. The fraction of sp³-hybridized carbons (Fsp3) is 0.355. The highest BCUT2D eigenvalue weighted by molar-refractivity contribution is 5.74. The van der Waals surface area contributed by atoms with Crippen LogP contribution in [0.15, 0.2) is 52.6 Å². The van der Waals surface area contributed by atoms with E-state index in [1.807, 2.05) is 6.08 Å². The monoisotopic (exact) mass is 593 g/mol. The Morgan fingerprint density at radius 2 is 1.47 bits per heavy atom. The molecule has 1 unspecified atom stereocenters. The van der Waals surface area contributed by atoms with Crippen LogP contribution in [0.3, 0.4) is 0 Å². The molecule has 0 spiro atoms. The summed E-state index contributed by atoms with van der Waals surface area (Å²) in [4.78, 5) is 14.7. The van der Waals surface area contributed by atoms with Crippen molar-refractivity contribution in [2.75, 3.05) is 62.4 Å². The van der Waals surface area contributed by atoms with Gasteiger partial charge in [0.15, 0.2) is 23.0 Å². The number of hydrogen-bond acceptors (Lipinski definition) is 11. The molecule has 2 aliphatic rings. The maximum atomic E-state index is 13.1. The van der Waals surface area contributed by atoms with Crippen molar-refractivity contribution >= 4 is 12.2 Å². The van der Waals surface area contributed by atoms with Gasteiger partial charge >= 0.3 is 6.09 Å². The van der Waals surface area contributed by atoms with Gasteiger partial charge in [-0.25, -0.2) is 4.79 Å². The van der Waals surface area contributed by atoms with Crippen molar-refractivity contribution < 1.29 is 42.7 Å². The van der Waals surface area contributed by atoms with Gasteiger partial charge in [-0.15, -0.1) is 0 Å². The van der Waals surface area contributed by atoms with Gasteiger partial charge in [-0.1, -0.05) is 0 Å². The van der Waals surface area contributed by atoms with E-state index < -0.39 is 12.0 Å². The molecule has 0 bridgehead atoms. The zero-order valence-electron chi connectivity index (χ0n) is 25.2. The van der Waals surface area contributed by atoms with Crippen molar-refractivity contribution in [1.29, 1.82) is 5.26 Å². The number of nitrogens with zero attached hydrogens (tertiary/aromatic N) is 2. The molecule has 0 aliphatic carbocycles. The number of hydrogen-bond donors (Lipinski definition) is 1. The minimum absolute atomic E-state index is 0.0714. The van der Waals surface area contributed by atoms with Crippen LogP contribution in [0.25, 0.3) is 6.08 Å². The van der Waals surface area contributed by atoms with E-state index in [0.717, 1.165) is 0 Å². The van der Waals surface area contributed by atoms with E-state index in [9.17, 15) is 10.1 Å². The number of methoxy groups -OCH3 is 6. The molecule has 0 radical (unpaired) electrons. The maximum absolute atomic E-state index is 13.1. The fourth-order valence-electron chi connectivity index (χ4n) is 5.20. The van der Waals surface area contributed by atoms with Gasteiger partial charge in [0.25, 0.3) is 0 Å². The van der Waals surface area contributed by atoms with Gasteiger partial charge in [0.2, 0.25) is 5.88 Å². The average Bonchev–Trinajstić information content (AvgIpc) is 3.03. The van der Waals surface area contributed by atoms with E-state index in [2.05, 4.69) is 6.07 Å². The number of benzene rings is 2. The fourth-order valence-corrected chi connectivity index (χ4v) is 5.20. The molecule has 2 aliphatic heterocycles. The zero-order chi connectivity index (χ0) is 31.3. The topological polar surface area (TPSA) is 144 Å². The van der Waals surface area contributed by atoms with Crippen LogP contribution in [0, 0.1) is 11.3 Å². The van der Waals surface area contributed by atoms with Crippen molar-refractivity contribution in [3.63, 3.8) is 0 Å². The molecule has 12 nitrogen and oxygen atoms in total. The molecular formula is C31H35N3O9. The van der Waals surface area contributed by atoms with Gasteiger partial charge in [0, 0.05) is 34.4 Å². The van der Waals surface area contributed by atoms with Gasteiger partial charge in [-0.3, -0.25) is 4.90 Å². The molecule has 43 heavy (non-hydrogen) atoms. The smallest absolute Gasteiger partial charge is 0.410 e. The SMILES string of the molecule is CCOC(=O)N1CC2=C(OC(N)=C(C#N)C2c2cc(OC)c(OC)cc2OC)/C(=C/c2cc(OC)c(OC)cc2OC)C1. The van der Waals surface area contributed by atoms with Crippen LogP contribution < -0.4 is 34.2 Å². The van der Waals surface area contributed by atoms with E-state index >= 15 is 0 Å². The van der Waals surface area contributed by atoms with E-state index in [1.54, 1.807) is 31.2 Å². The second-order valence-corrected chi connectivity index (χ2v) is 9.40. The lowest BCUT2D eigenvalue weighted by atomic mass is 9.79. The highest BCUT2D eigenvalue weighted by Gasteiger charge is 2.41. The first-order valence-electron chi connectivity index (χ1n) is 13.3. The predicted molar refractivity (Wildman–Crippen MR) is 156 cm³/mol. The Hall–Kier alpha value is -5.18. The van der Waals surface area contributed by atoms with E-state index in [-0.39, 0.29) is 31.2 Å². The summed E-state index contributed by atoms with van der Waals surface area (Å²) in [6.07, 6.45) is 1.29. The average molecular weight is 594 g/mol. The normalized spacial score (nSPS) is 17.0. The Balaban J connectivity index is 2.01. The first kappa shape index (κ1) is 30.8. The van der Waals surface area contributed by atoms with Crippen LogP contribution in [0.5, 0.6) is 34.5 Å². The second kappa shape index (κ2) is 13.2. The summed E-state index contributed by atoms with van der Waals surface area (Å²) >= 11 is 0. The summed E-state index contributed by atoms with van der Waals surface area (Å²) in [7, 11) is 9.15. The zero-order valence-corrected chi connectivity index (χ0v) is 25.2. The van der Waals surface area contributed by atoms with Crippen LogP contribution in [-0.2, 0) is 9.47 Å². The second-order valence-electron chi connectivity index (χ2n) is 9.40. The van der Waals surface area contributed by atoms with Crippen LogP contribution in [-0.4, -0.2) is 73.3 Å². The summed E-state index contributed by atoms with van der Waals surface area (Å²) in [5.74, 6) is 2.34. The molecule has 2 N–H and O–H groups in total. The van der Waals surface area contributed by atoms with Gasteiger partial charge in [0.05, 0.1) is 68.3 Å². The first-order chi connectivity index (χ1) is 20.8. The predicted octanol–water partition coefficient (Wildman–Crippen LogP) is 4.36. The molecule has 1 atom stereocenters. The molecule has 12 heteroatoms. The molecule has 4 rings (SSSR count). The minimum Gasteiger partial charge on any atom is -0.496 e. The first-order valence-corrected chi connectivity index (χ1v) is 13.3. The van der Waals surface area contributed by atoms with Crippen LogP contribution in [0.4, 0.5) is 4.79 Å². The van der Waals surface area contributed by atoms with Crippen LogP contribution in [0.2, 0.25) is 0 Å². The Bertz CT molecular complexity index is 1540. The molecule has 0 aromatic heterocycles. The third-order valence-corrected chi connectivity index (χ3v) is 7.18. The Kier molecular flexibility index (Phi) is 9.45. The number of nitriles is 1. The van der Waals surface area contributed by atoms with Crippen molar-refractivity contribution in [2.24, 2.45) is 5.73 Å². The molecule has 2 aromatic carbocycles. The van der Waals surface area contributed by atoms with E-state index in [4.69, 9.17) is 43.6 Å². The number of ether oxygens (including phenoxy) is 8. The lowest BCUT2D eigenvalue weighted by molar-refractivity contribution is 0.109. The van der Waals surface area contributed by atoms with Gasteiger partial charge in [-0.05, 0) is 25.1 Å². The molecule has 2 heterocycles. The Morgan fingerprint density at radius 3 is 2.02 bits per heavy atom. The summed E-state index contributed by atoms with van der Waals surface area (Å²) in [6.45, 7) is 2.13. The van der Waals surface area contributed by atoms with Crippen molar-refractivity contribution in [1.82, 2.24) is 4.90 Å². The Morgan fingerprint density at radius 1 is 0.907 bits per heavy atom. The van der Waals surface area contributed by atoms with E-state index in [1.165, 1.54) is 47.6 Å². The standard InChI is InChI=1S/C31H35N3O9/c1-8-42-31(35)34-15-18(9-17-10-24(38-4)26(40-6)12-22(17)36-2)29-21(16-34)28(20(14-32)30(33)43-29)19-11-25(39-5)27(41-7)13-23(19)37-3/h9-13,28H,8,15-16,33H2,1-7H3/b18-9+. The lowest BCUT2D eigenvalue weighted by Crippen LogP contribution is -2.42. The number of amides is 1. The molecule has 0 saturated heterocycles. The molecule has 1 amide bonds. The number of nitrogens with two attached hydrogens (primary N) is 1. The van der Waals surface area contributed by atoms with Crippen molar-refractivity contribution in [3.8, 4) is 40.6 Å². The highest BCUT2D eigenvalue weighted by atomic mass is 16.6. The molecule has 228 valence electrons.